The summed E-state index contributed by atoms with van der Waals surface area (Å²) in [5.74, 6) is 0.153. The quantitative estimate of drug-likeness (QED) is 0.430. The van der Waals surface area contributed by atoms with E-state index in [1.807, 2.05) is 48.6 Å². The molecule has 16 heavy (non-hydrogen) atoms. The van der Waals surface area contributed by atoms with Crippen molar-refractivity contribution in [2.45, 2.75) is 20.3 Å². The minimum atomic E-state index is 0. The van der Waals surface area contributed by atoms with Crippen molar-refractivity contribution in [3.05, 3.63) is 65.5 Å². The van der Waals surface area contributed by atoms with Crippen molar-refractivity contribution in [1.82, 2.24) is 0 Å². The molecule has 1 nitrogen and oxygen atoms in total. The fourth-order valence-electron chi connectivity index (χ4n) is 1.25. The zero-order valence-electron chi connectivity index (χ0n) is 9.59. The predicted molar refractivity (Wildman–Crippen MR) is 62.2 cm³/mol. The summed E-state index contributed by atoms with van der Waals surface area (Å²) in [6.07, 6.45) is 6.83. The molecule has 0 spiro atoms. The van der Waals surface area contributed by atoms with Gasteiger partial charge in [0.15, 0.2) is 0 Å². The van der Waals surface area contributed by atoms with Crippen molar-refractivity contribution in [1.29, 1.82) is 0 Å². The summed E-state index contributed by atoms with van der Waals surface area (Å²) in [5, 5.41) is 10.8. The topological polar surface area (TPSA) is 23.1 Å². The first-order chi connectivity index (χ1) is 7.24. The van der Waals surface area contributed by atoms with E-state index in [1.165, 1.54) is 5.57 Å². The first-order valence-electron chi connectivity index (χ1n) is 5.17. The Morgan fingerprint density at radius 2 is 1.88 bits per heavy atom. The van der Waals surface area contributed by atoms with Gasteiger partial charge in [-0.1, -0.05) is 32.1 Å². The van der Waals surface area contributed by atoms with Crippen LogP contribution in [0, 0.1) is 0 Å². The second-order valence-corrected chi connectivity index (χ2v) is 3.38. The van der Waals surface area contributed by atoms with Crippen molar-refractivity contribution in [2.24, 2.45) is 0 Å². The van der Waals surface area contributed by atoms with Gasteiger partial charge in [-0.05, 0) is 17.6 Å². The largest absolute Gasteiger partial charge is 2.00 e. The van der Waals surface area contributed by atoms with Crippen LogP contribution in [0.2, 0.25) is 0 Å². The molecule has 2 rings (SSSR count). The van der Waals surface area contributed by atoms with Crippen LogP contribution in [0.15, 0.2) is 65.5 Å². The van der Waals surface area contributed by atoms with Crippen LogP contribution in [0.3, 0.4) is 0 Å². The van der Waals surface area contributed by atoms with Gasteiger partial charge in [-0.3, -0.25) is 0 Å². The molecule has 0 fully saturated rings. The second-order valence-electron chi connectivity index (χ2n) is 3.38. The molecule has 1 aromatic carbocycles. The molecule has 86 valence electrons. The molecular formula is C14H16FeO. The molecule has 0 amide bonds. The average Bonchev–Trinajstić information content (AvgIpc) is 2.92. The Hall–Kier alpha value is -1.11. The standard InChI is InChI=1S/C9H12O.C5H5.Fe/c1-3-8-4-5-9(6-8)7(2)10;1-2-4-5-3-1;/h4-6,10H,3H2,1-2H3;1-5H;/q;-1;+2/p-1. The number of hydrogen-bond acceptors (Lipinski definition) is 1. The molecule has 0 aromatic heterocycles. The van der Waals surface area contributed by atoms with Gasteiger partial charge in [0.1, 0.15) is 0 Å². The summed E-state index contributed by atoms with van der Waals surface area (Å²) in [6, 6.07) is 10.0. The maximum atomic E-state index is 10.8. The van der Waals surface area contributed by atoms with E-state index in [9.17, 15) is 5.11 Å². The van der Waals surface area contributed by atoms with Crippen LogP contribution in [0.1, 0.15) is 20.3 Å². The average molecular weight is 256 g/mol. The third-order valence-corrected chi connectivity index (χ3v) is 2.19. The van der Waals surface area contributed by atoms with Gasteiger partial charge in [0.25, 0.3) is 0 Å². The Morgan fingerprint density at radius 1 is 1.25 bits per heavy atom. The molecule has 0 atom stereocenters. The van der Waals surface area contributed by atoms with Gasteiger partial charge in [-0.25, -0.2) is 12.1 Å². The molecule has 0 saturated carbocycles. The van der Waals surface area contributed by atoms with Crippen molar-refractivity contribution in [3.63, 3.8) is 0 Å². The molecule has 0 N–H and O–H groups in total. The zero-order valence-corrected chi connectivity index (χ0v) is 10.7. The first kappa shape index (κ1) is 14.9. The van der Waals surface area contributed by atoms with Gasteiger partial charge in [-0.2, -0.15) is 18.2 Å². The van der Waals surface area contributed by atoms with Crippen molar-refractivity contribution in [2.75, 3.05) is 0 Å². The fraction of sp³-hybridized carbons (Fsp3) is 0.214. The van der Waals surface area contributed by atoms with Crippen LogP contribution in [0.25, 0.3) is 0 Å². The molecule has 1 aromatic rings. The predicted octanol–water partition coefficient (Wildman–Crippen LogP) is 2.93. The van der Waals surface area contributed by atoms with Gasteiger partial charge in [0.05, 0.1) is 0 Å². The van der Waals surface area contributed by atoms with Crippen LogP contribution in [-0.4, -0.2) is 0 Å². The van der Waals surface area contributed by atoms with Gasteiger partial charge in [0, 0.05) is 0 Å². The number of allylic oxidation sites excluding steroid dienone is 6. The van der Waals surface area contributed by atoms with E-state index < -0.39 is 0 Å². The van der Waals surface area contributed by atoms with Gasteiger partial charge in [0.2, 0.25) is 0 Å². The molecule has 0 radical (unpaired) electrons. The summed E-state index contributed by atoms with van der Waals surface area (Å²) in [6.45, 7) is 3.67. The molecule has 0 unspecified atom stereocenters. The summed E-state index contributed by atoms with van der Waals surface area (Å²) < 4.78 is 0. The number of hydrogen-bond donors (Lipinski definition) is 0. The van der Waals surface area contributed by atoms with Crippen LogP contribution in [-0.2, 0) is 17.1 Å². The van der Waals surface area contributed by atoms with Crippen LogP contribution in [0.5, 0.6) is 0 Å². The van der Waals surface area contributed by atoms with Crippen molar-refractivity contribution in [3.8, 4) is 0 Å². The molecule has 0 bridgehead atoms. The zero-order chi connectivity index (χ0) is 11.1. The Kier molecular flexibility index (Phi) is 7.53. The Morgan fingerprint density at radius 3 is 2.12 bits per heavy atom. The van der Waals surface area contributed by atoms with Gasteiger partial charge < -0.3 is 5.11 Å². The van der Waals surface area contributed by atoms with Crippen LogP contribution < -0.4 is 5.11 Å². The van der Waals surface area contributed by atoms with E-state index in [4.69, 9.17) is 0 Å². The van der Waals surface area contributed by atoms with Crippen molar-refractivity contribution < 1.29 is 22.2 Å². The summed E-state index contributed by atoms with van der Waals surface area (Å²) >= 11 is 0. The van der Waals surface area contributed by atoms with E-state index >= 15 is 0 Å². The van der Waals surface area contributed by atoms with Gasteiger partial charge in [-0.15, -0.1) is 5.76 Å². The summed E-state index contributed by atoms with van der Waals surface area (Å²) in [4.78, 5) is 0. The monoisotopic (exact) mass is 256 g/mol. The SMILES string of the molecule is CCC1=CC(=C(C)[O-])C=C1.[Fe+2].c1cc[cH-]c1. The molecule has 0 aliphatic heterocycles. The van der Waals surface area contributed by atoms with Crippen LogP contribution >= 0.6 is 0 Å². The van der Waals surface area contributed by atoms with Crippen LogP contribution in [0.4, 0.5) is 0 Å². The molecule has 1 aliphatic carbocycles. The Balaban J connectivity index is 0.000000318. The fourth-order valence-corrected chi connectivity index (χ4v) is 1.25. The smallest absolute Gasteiger partial charge is 0.875 e. The number of rotatable bonds is 1. The molecular weight excluding hydrogens is 240 g/mol. The van der Waals surface area contributed by atoms with E-state index in [0.29, 0.717) is 0 Å². The minimum absolute atomic E-state index is 0. The van der Waals surface area contributed by atoms with Crippen molar-refractivity contribution >= 4 is 0 Å². The van der Waals surface area contributed by atoms with E-state index in [0.717, 1.165) is 12.0 Å². The third-order valence-electron chi connectivity index (χ3n) is 2.19. The first-order valence-corrected chi connectivity index (χ1v) is 5.17. The van der Waals surface area contributed by atoms with E-state index in [2.05, 4.69) is 6.92 Å². The second kappa shape index (κ2) is 8.09. The Labute approximate surface area is 108 Å². The molecule has 1 aliphatic rings. The Bertz CT molecular complexity index is 348. The van der Waals surface area contributed by atoms with Gasteiger partial charge >= 0.3 is 17.1 Å². The summed E-state index contributed by atoms with van der Waals surface area (Å²) in [7, 11) is 0. The minimum Gasteiger partial charge on any atom is -0.875 e. The normalized spacial score (nSPS) is 15.8. The van der Waals surface area contributed by atoms with E-state index in [-0.39, 0.29) is 22.8 Å². The molecule has 0 heterocycles. The maximum absolute atomic E-state index is 10.8. The molecule has 0 saturated heterocycles. The summed E-state index contributed by atoms with van der Waals surface area (Å²) in [5.41, 5.74) is 2.07. The van der Waals surface area contributed by atoms with E-state index in [1.54, 1.807) is 6.92 Å². The molecule has 2 heteroatoms. The maximum Gasteiger partial charge on any atom is 2.00 e. The third kappa shape index (κ3) is 5.11.